The summed E-state index contributed by atoms with van der Waals surface area (Å²) in [7, 11) is 0. The van der Waals surface area contributed by atoms with Crippen molar-refractivity contribution in [3.05, 3.63) is 117 Å². The van der Waals surface area contributed by atoms with Crippen LogP contribution in [0.1, 0.15) is 16.9 Å². The zero-order valence-corrected chi connectivity index (χ0v) is 21.8. The largest absolute Gasteiger partial charge is 0.457 e. The number of amides is 1. The Kier molecular flexibility index (Phi) is 7.33. The van der Waals surface area contributed by atoms with E-state index in [9.17, 15) is 4.79 Å². The molecule has 0 bridgehead atoms. The Morgan fingerprint density at radius 2 is 1.72 bits per heavy atom. The van der Waals surface area contributed by atoms with Gasteiger partial charge >= 0.3 is 0 Å². The van der Waals surface area contributed by atoms with Crippen molar-refractivity contribution in [2.45, 2.75) is 13.3 Å². The molecule has 1 aliphatic heterocycles. The number of aryl methyl sites for hydroxylation is 1. The van der Waals surface area contributed by atoms with E-state index < -0.39 is 0 Å². The summed E-state index contributed by atoms with van der Waals surface area (Å²) in [6, 6.07) is 27.1. The van der Waals surface area contributed by atoms with Gasteiger partial charge in [0.25, 0.3) is 5.91 Å². The lowest BCUT2D eigenvalue weighted by atomic mass is 10.1. The summed E-state index contributed by atoms with van der Waals surface area (Å²) in [5.74, 6) is 1.13. The maximum absolute atomic E-state index is 13.4. The number of amidine groups is 1. The Bertz CT molecular complexity index is 1460. The predicted molar refractivity (Wildman–Crippen MR) is 150 cm³/mol. The lowest BCUT2D eigenvalue weighted by Crippen LogP contribution is -2.31. The summed E-state index contributed by atoms with van der Waals surface area (Å²) >= 11 is 13.5. The van der Waals surface area contributed by atoms with Crippen molar-refractivity contribution in [2.75, 3.05) is 6.54 Å². The van der Waals surface area contributed by atoms with Crippen molar-refractivity contribution in [2.24, 2.45) is 4.99 Å². The van der Waals surface area contributed by atoms with Gasteiger partial charge in [-0.05, 0) is 73.1 Å². The van der Waals surface area contributed by atoms with Crippen LogP contribution in [0.4, 0.5) is 5.69 Å². The molecule has 0 aliphatic carbocycles. The van der Waals surface area contributed by atoms with E-state index in [1.165, 1.54) is 17.3 Å². The van der Waals surface area contributed by atoms with Crippen LogP contribution in [0.25, 0.3) is 17.4 Å². The number of halogens is 2. The van der Waals surface area contributed by atoms with Gasteiger partial charge in [-0.2, -0.15) is 0 Å². The van der Waals surface area contributed by atoms with E-state index in [4.69, 9.17) is 32.6 Å². The maximum Gasteiger partial charge on any atom is 0.266 e. The van der Waals surface area contributed by atoms with E-state index in [1.807, 2.05) is 67.6 Å². The van der Waals surface area contributed by atoms with E-state index in [0.717, 1.165) is 23.2 Å². The Labute approximate surface area is 224 Å². The van der Waals surface area contributed by atoms with Crippen LogP contribution in [0.5, 0.6) is 0 Å². The Balaban J connectivity index is 1.42. The second-order valence-corrected chi connectivity index (χ2v) is 10.2. The van der Waals surface area contributed by atoms with Gasteiger partial charge in [-0.1, -0.05) is 71.2 Å². The van der Waals surface area contributed by atoms with E-state index in [1.54, 1.807) is 23.1 Å². The molecule has 1 amide bonds. The van der Waals surface area contributed by atoms with Gasteiger partial charge in [-0.15, -0.1) is 0 Å². The van der Waals surface area contributed by atoms with Crippen LogP contribution in [-0.4, -0.2) is 22.5 Å². The van der Waals surface area contributed by atoms with Gasteiger partial charge in [-0.3, -0.25) is 9.69 Å². The number of benzene rings is 3. The van der Waals surface area contributed by atoms with Gasteiger partial charge < -0.3 is 4.42 Å². The molecule has 1 fully saturated rings. The third-order valence-corrected chi connectivity index (χ3v) is 7.46. The number of hydrogen-bond acceptors (Lipinski definition) is 4. The lowest BCUT2D eigenvalue weighted by molar-refractivity contribution is -0.122. The standard InChI is InChI=1S/C29H22Cl2N2O2S/c1-19-7-10-22(11-8-19)32-29-33(16-15-20-5-3-2-4-6-20)28(34)27(36-29)18-23-12-14-26(35-23)21-9-13-24(30)25(31)17-21/h2-14,17-18H,15-16H2,1H3/b27-18+,32-29?. The number of thioether (sulfide) groups is 1. The van der Waals surface area contributed by atoms with Crippen LogP contribution < -0.4 is 0 Å². The van der Waals surface area contributed by atoms with Gasteiger partial charge in [0.2, 0.25) is 0 Å². The highest BCUT2D eigenvalue weighted by Crippen LogP contribution is 2.36. The van der Waals surface area contributed by atoms with Crippen molar-refractivity contribution < 1.29 is 9.21 Å². The van der Waals surface area contributed by atoms with Crippen molar-refractivity contribution in [3.63, 3.8) is 0 Å². The second kappa shape index (κ2) is 10.8. The molecule has 36 heavy (non-hydrogen) atoms. The molecule has 0 N–H and O–H groups in total. The molecular formula is C29H22Cl2N2O2S. The third-order valence-electron chi connectivity index (χ3n) is 5.72. The molecule has 0 atom stereocenters. The topological polar surface area (TPSA) is 45.8 Å². The summed E-state index contributed by atoms with van der Waals surface area (Å²) in [5.41, 5.74) is 3.94. The van der Waals surface area contributed by atoms with Crippen molar-refractivity contribution in [1.82, 2.24) is 4.90 Å². The minimum atomic E-state index is -0.0886. The minimum absolute atomic E-state index is 0.0886. The molecule has 0 spiro atoms. The van der Waals surface area contributed by atoms with Gasteiger partial charge in [0.05, 0.1) is 20.6 Å². The Morgan fingerprint density at radius 1 is 0.944 bits per heavy atom. The average molecular weight is 533 g/mol. The molecule has 1 aliphatic rings. The highest BCUT2D eigenvalue weighted by molar-refractivity contribution is 8.18. The molecule has 0 saturated carbocycles. The smallest absolute Gasteiger partial charge is 0.266 e. The molecule has 3 aromatic carbocycles. The summed E-state index contributed by atoms with van der Waals surface area (Å²) in [6.07, 6.45) is 2.50. The first-order chi connectivity index (χ1) is 17.5. The molecule has 4 nitrogen and oxygen atoms in total. The van der Waals surface area contributed by atoms with Crippen LogP contribution in [0, 0.1) is 6.92 Å². The van der Waals surface area contributed by atoms with E-state index in [-0.39, 0.29) is 5.91 Å². The molecule has 0 radical (unpaired) electrons. The highest BCUT2D eigenvalue weighted by Gasteiger charge is 2.33. The first kappa shape index (κ1) is 24.4. The van der Waals surface area contributed by atoms with Gasteiger partial charge in [0.1, 0.15) is 11.5 Å². The number of rotatable bonds is 6. The van der Waals surface area contributed by atoms with Gasteiger partial charge in [-0.25, -0.2) is 4.99 Å². The number of furan rings is 1. The number of nitrogens with zero attached hydrogens (tertiary/aromatic N) is 2. The maximum atomic E-state index is 13.4. The average Bonchev–Trinajstić information content (AvgIpc) is 3.46. The van der Waals surface area contributed by atoms with Gasteiger partial charge in [0.15, 0.2) is 5.17 Å². The van der Waals surface area contributed by atoms with Crippen molar-refractivity contribution >= 4 is 57.8 Å². The zero-order chi connectivity index (χ0) is 25.1. The fourth-order valence-corrected chi connectivity index (χ4v) is 5.07. The molecule has 0 unspecified atom stereocenters. The molecule has 4 aromatic rings. The first-order valence-corrected chi connectivity index (χ1v) is 13.0. The Morgan fingerprint density at radius 3 is 2.47 bits per heavy atom. The lowest BCUT2D eigenvalue weighted by Gasteiger charge is -2.15. The molecule has 2 heterocycles. The monoisotopic (exact) mass is 532 g/mol. The molecule has 1 saturated heterocycles. The fourth-order valence-electron chi connectivity index (χ4n) is 3.77. The van der Waals surface area contributed by atoms with Crippen molar-refractivity contribution in [1.29, 1.82) is 0 Å². The van der Waals surface area contributed by atoms with E-state index in [0.29, 0.717) is 38.2 Å². The number of hydrogen-bond donors (Lipinski definition) is 0. The molecular weight excluding hydrogens is 511 g/mol. The second-order valence-electron chi connectivity index (χ2n) is 8.36. The minimum Gasteiger partial charge on any atom is -0.457 e. The molecule has 7 heteroatoms. The number of carbonyl (C=O) groups excluding carboxylic acids is 1. The first-order valence-electron chi connectivity index (χ1n) is 11.4. The summed E-state index contributed by atoms with van der Waals surface area (Å²) < 4.78 is 6.00. The summed E-state index contributed by atoms with van der Waals surface area (Å²) in [6.45, 7) is 2.57. The van der Waals surface area contributed by atoms with Crippen LogP contribution in [-0.2, 0) is 11.2 Å². The highest BCUT2D eigenvalue weighted by atomic mass is 35.5. The molecule has 180 valence electrons. The predicted octanol–water partition coefficient (Wildman–Crippen LogP) is 8.41. The Hall–Kier alpha value is -3.25. The normalized spacial score (nSPS) is 15.9. The summed E-state index contributed by atoms with van der Waals surface area (Å²) in [5, 5.41) is 1.60. The van der Waals surface area contributed by atoms with Gasteiger partial charge in [0, 0.05) is 18.2 Å². The summed E-state index contributed by atoms with van der Waals surface area (Å²) in [4.78, 5) is 20.5. The van der Waals surface area contributed by atoms with Crippen LogP contribution in [0.2, 0.25) is 10.0 Å². The zero-order valence-electron chi connectivity index (χ0n) is 19.4. The quantitative estimate of drug-likeness (QED) is 0.234. The van der Waals surface area contributed by atoms with Crippen molar-refractivity contribution in [3.8, 4) is 11.3 Å². The van der Waals surface area contributed by atoms with E-state index >= 15 is 0 Å². The van der Waals surface area contributed by atoms with E-state index in [2.05, 4.69) is 12.1 Å². The third kappa shape index (κ3) is 5.59. The molecule has 1 aromatic heterocycles. The van der Waals surface area contributed by atoms with Crippen LogP contribution >= 0.6 is 35.0 Å². The molecule has 5 rings (SSSR count). The fraction of sp³-hybridized carbons (Fsp3) is 0.103. The van der Waals surface area contributed by atoms with Crippen LogP contribution in [0.15, 0.2) is 99.2 Å². The number of carbonyl (C=O) groups is 1. The SMILES string of the molecule is Cc1ccc(N=C2S/C(=C/c3ccc(-c4ccc(Cl)c(Cl)c4)o3)C(=O)N2CCc2ccccc2)cc1. The number of aliphatic imine (C=N–C) groups is 1. The van der Waals surface area contributed by atoms with Crippen LogP contribution in [0.3, 0.4) is 0 Å².